The molecule has 1 aromatic carbocycles. The molecule has 0 saturated heterocycles. The fourth-order valence-corrected chi connectivity index (χ4v) is 1.93. The van der Waals surface area contributed by atoms with Gasteiger partial charge in [0.2, 0.25) is 5.88 Å². The first kappa shape index (κ1) is 15.4. The summed E-state index contributed by atoms with van der Waals surface area (Å²) in [5.41, 5.74) is 2.01. The molecule has 4 heteroatoms. The summed E-state index contributed by atoms with van der Waals surface area (Å²) in [4.78, 5) is 4.56. The van der Waals surface area contributed by atoms with E-state index in [0.717, 1.165) is 17.8 Å². The highest BCUT2D eigenvalue weighted by Crippen LogP contribution is 2.27. The second kappa shape index (κ2) is 6.22. The van der Waals surface area contributed by atoms with Crippen molar-refractivity contribution in [1.82, 2.24) is 10.3 Å². The van der Waals surface area contributed by atoms with E-state index in [0.29, 0.717) is 11.6 Å². The lowest BCUT2D eigenvalue weighted by Crippen LogP contribution is -2.15. The molecule has 0 saturated carbocycles. The first-order valence-electron chi connectivity index (χ1n) is 6.98. The van der Waals surface area contributed by atoms with Gasteiger partial charge in [0.05, 0.1) is 5.69 Å². The van der Waals surface area contributed by atoms with Crippen LogP contribution < -0.4 is 10.1 Å². The maximum absolute atomic E-state index is 12.9. The Morgan fingerprint density at radius 2 is 1.81 bits per heavy atom. The Morgan fingerprint density at radius 1 is 1.14 bits per heavy atom. The van der Waals surface area contributed by atoms with Gasteiger partial charge < -0.3 is 10.1 Å². The van der Waals surface area contributed by atoms with E-state index < -0.39 is 0 Å². The Labute approximate surface area is 125 Å². The van der Waals surface area contributed by atoms with Crippen molar-refractivity contribution in [2.24, 2.45) is 0 Å². The molecule has 0 fully saturated rings. The first-order valence-corrected chi connectivity index (χ1v) is 6.98. The van der Waals surface area contributed by atoms with Gasteiger partial charge in [0.1, 0.15) is 11.6 Å². The molecule has 112 valence electrons. The number of ether oxygens (including phenoxy) is 1. The van der Waals surface area contributed by atoms with Crippen LogP contribution in [0, 0.1) is 5.82 Å². The standard InChI is InChI=1S/C17H21FN2O/c1-17(2,3)15-9-12(11-19-4)10-16(20-15)21-14-7-5-13(18)6-8-14/h5-10,19H,11H2,1-4H3. The molecular formula is C17H21FN2O. The minimum absolute atomic E-state index is 0.0648. The van der Waals surface area contributed by atoms with Crippen molar-refractivity contribution in [3.63, 3.8) is 0 Å². The summed E-state index contributed by atoms with van der Waals surface area (Å²) in [7, 11) is 1.90. The van der Waals surface area contributed by atoms with Crippen molar-refractivity contribution < 1.29 is 9.13 Å². The quantitative estimate of drug-likeness (QED) is 0.922. The van der Waals surface area contributed by atoms with E-state index in [2.05, 4.69) is 37.1 Å². The van der Waals surface area contributed by atoms with Gasteiger partial charge in [0.15, 0.2) is 0 Å². The molecule has 0 atom stereocenters. The molecule has 3 nitrogen and oxygen atoms in total. The molecule has 2 aromatic rings. The average molecular weight is 288 g/mol. The van der Waals surface area contributed by atoms with Crippen LogP contribution in [0.2, 0.25) is 0 Å². The van der Waals surface area contributed by atoms with Crippen LogP contribution in [0.5, 0.6) is 11.6 Å². The summed E-state index contributed by atoms with van der Waals surface area (Å²) in [5.74, 6) is 0.819. The van der Waals surface area contributed by atoms with Gasteiger partial charge in [-0.2, -0.15) is 0 Å². The largest absolute Gasteiger partial charge is 0.439 e. The molecule has 0 amide bonds. The summed E-state index contributed by atoms with van der Waals surface area (Å²) < 4.78 is 18.7. The lowest BCUT2D eigenvalue weighted by atomic mass is 9.91. The number of rotatable bonds is 4. The molecular weight excluding hydrogens is 267 g/mol. The van der Waals surface area contributed by atoms with Crippen molar-refractivity contribution >= 4 is 0 Å². The molecule has 1 aromatic heterocycles. The minimum Gasteiger partial charge on any atom is -0.439 e. The van der Waals surface area contributed by atoms with Gasteiger partial charge in [-0.05, 0) is 42.9 Å². The third kappa shape index (κ3) is 4.26. The second-order valence-electron chi connectivity index (χ2n) is 6.04. The highest BCUT2D eigenvalue weighted by molar-refractivity contribution is 5.32. The Kier molecular flexibility index (Phi) is 4.58. The monoisotopic (exact) mass is 288 g/mol. The minimum atomic E-state index is -0.283. The Hall–Kier alpha value is -1.94. The van der Waals surface area contributed by atoms with Gasteiger partial charge in [0.25, 0.3) is 0 Å². The molecule has 0 unspecified atom stereocenters. The Balaban J connectivity index is 2.33. The molecule has 0 bridgehead atoms. The fraction of sp³-hybridized carbons (Fsp3) is 0.353. The normalized spacial score (nSPS) is 11.5. The SMILES string of the molecule is CNCc1cc(Oc2ccc(F)cc2)nc(C(C)(C)C)c1. The van der Waals surface area contributed by atoms with Gasteiger partial charge in [-0.1, -0.05) is 20.8 Å². The van der Waals surface area contributed by atoms with Crippen molar-refractivity contribution in [2.75, 3.05) is 7.05 Å². The number of halogens is 1. The second-order valence-corrected chi connectivity index (χ2v) is 6.04. The number of hydrogen-bond acceptors (Lipinski definition) is 3. The van der Waals surface area contributed by atoms with Crippen LogP contribution in [-0.2, 0) is 12.0 Å². The van der Waals surface area contributed by atoms with Crippen molar-refractivity contribution in [3.05, 3.63) is 53.5 Å². The molecule has 2 rings (SSSR count). The molecule has 21 heavy (non-hydrogen) atoms. The summed E-state index contributed by atoms with van der Waals surface area (Å²) in [6, 6.07) is 9.91. The fourth-order valence-electron chi connectivity index (χ4n) is 1.93. The van der Waals surface area contributed by atoms with Crippen LogP contribution in [0.15, 0.2) is 36.4 Å². The third-order valence-corrected chi connectivity index (χ3v) is 3.05. The highest BCUT2D eigenvalue weighted by Gasteiger charge is 2.17. The lowest BCUT2D eigenvalue weighted by molar-refractivity contribution is 0.449. The zero-order valence-electron chi connectivity index (χ0n) is 12.9. The van der Waals surface area contributed by atoms with Gasteiger partial charge in [-0.25, -0.2) is 9.37 Å². The maximum Gasteiger partial charge on any atom is 0.219 e. The van der Waals surface area contributed by atoms with Crippen molar-refractivity contribution in [2.45, 2.75) is 32.7 Å². The predicted molar refractivity (Wildman–Crippen MR) is 82.2 cm³/mol. The Bertz CT molecular complexity index is 603. The highest BCUT2D eigenvalue weighted by atomic mass is 19.1. The molecule has 0 aliphatic heterocycles. The van der Waals surface area contributed by atoms with E-state index in [1.165, 1.54) is 12.1 Å². The first-order chi connectivity index (χ1) is 9.88. The average Bonchev–Trinajstić information content (AvgIpc) is 2.41. The van der Waals surface area contributed by atoms with Gasteiger partial charge in [0, 0.05) is 18.0 Å². The van der Waals surface area contributed by atoms with Crippen LogP contribution >= 0.6 is 0 Å². The van der Waals surface area contributed by atoms with E-state index in [1.54, 1.807) is 12.1 Å². The summed E-state index contributed by atoms with van der Waals surface area (Å²) in [6.07, 6.45) is 0. The Morgan fingerprint density at radius 3 is 2.38 bits per heavy atom. The number of benzene rings is 1. The molecule has 0 spiro atoms. The van der Waals surface area contributed by atoms with E-state index in [1.807, 2.05) is 13.1 Å². The smallest absolute Gasteiger partial charge is 0.219 e. The molecule has 0 radical (unpaired) electrons. The van der Waals surface area contributed by atoms with Crippen LogP contribution in [0.3, 0.4) is 0 Å². The topological polar surface area (TPSA) is 34.1 Å². The van der Waals surface area contributed by atoms with E-state index >= 15 is 0 Å². The number of nitrogens with zero attached hydrogens (tertiary/aromatic N) is 1. The zero-order chi connectivity index (χ0) is 15.5. The van der Waals surface area contributed by atoms with Crippen LogP contribution in [-0.4, -0.2) is 12.0 Å². The maximum atomic E-state index is 12.9. The van der Waals surface area contributed by atoms with Gasteiger partial charge >= 0.3 is 0 Å². The summed E-state index contributed by atoms with van der Waals surface area (Å²) >= 11 is 0. The van der Waals surface area contributed by atoms with E-state index in [9.17, 15) is 4.39 Å². The van der Waals surface area contributed by atoms with Gasteiger partial charge in [-0.3, -0.25) is 0 Å². The summed E-state index contributed by atoms with van der Waals surface area (Å²) in [6.45, 7) is 7.08. The molecule has 1 heterocycles. The van der Waals surface area contributed by atoms with Gasteiger partial charge in [-0.15, -0.1) is 0 Å². The van der Waals surface area contributed by atoms with Crippen LogP contribution in [0.4, 0.5) is 4.39 Å². The third-order valence-electron chi connectivity index (χ3n) is 3.05. The number of hydrogen-bond donors (Lipinski definition) is 1. The van der Waals surface area contributed by atoms with Crippen molar-refractivity contribution in [1.29, 1.82) is 0 Å². The molecule has 1 N–H and O–H groups in total. The number of nitrogens with one attached hydrogen (secondary N) is 1. The molecule has 0 aliphatic carbocycles. The van der Waals surface area contributed by atoms with E-state index in [-0.39, 0.29) is 11.2 Å². The van der Waals surface area contributed by atoms with Crippen LogP contribution in [0.1, 0.15) is 32.0 Å². The predicted octanol–water partition coefficient (Wildman–Crippen LogP) is 4.03. The lowest BCUT2D eigenvalue weighted by Gasteiger charge is -2.20. The van der Waals surface area contributed by atoms with E-state index in [4.69, 9.17) is 4.74 Å². The molecule has 0 aliphatic rings. The van der Waals surface area contributed by atoms with Crippen molar-refractivity contribution in [3.8, 4) is 11.6 Å². The number of pyridine rings is 1. The summed E-state index contributed by atoms with van der Waals surface area (Å²) in [5, 5.41) is 3.13. The van der Waals surface area contributed by atoms with Crippen LogP contribution in [0.25, 0.3) is 0 Å². The number of aromatic nitrogens is 1. The zero-order valence-corrected chi connectivity index (χ0v) is 12.9.